The van der Waals surface area contributed by atoms with Crippen molar-refractivity contribution in [2.75, 3.05) is 13.2 Å². The molecule has 3 rings (SSSR count). The molecular formula is C19H35NO. The van der Waals surface area contributed by atoms with Crippen molar-refractivity contribution in [3.05, 3.63) is 0 Å². The molecule has 0 spiro atoms. The zero-order valence-corrected chi connectivity index (χ0v) is 14.3. The Kier molecular flexibility index (Phi) is 5.27. The van der Waals surface area contributed by atoms with E-state index in [9.17, 15) is 0 Å². The lowest BCUT2D eigenvalue weighted by Crippen LogP contribution is -2.39. The molecule has 0 bridgehead atoms. The van der Waals surface area contributed by atoms with Crippen molar-refractivity contribution in [3.8, 4) is 0 Å². The summed E-state index contributed by atoms with van der Waals surface area (Å²) < 4.78 is 6.32. The van der Waals surface area contributed by atoms with E-state index in [0.29, 0.717) is 6.10 Å². The van der Waals surface area contributed by atoms with E-state index in [-0.39, 0.29) is 0 Å². The van der Waals surface area contributed by atoms with Crippen molar-refractivity contribution in [3.63, 3.8) is 0 Å². The average Bonchev–Trinajstić information content (AvgIpc) is 3.32. The molecule has 3 saturated carbocycles. The monoisotopic (exact) mass is 293 g/mol. The van der Waals surface area contributed by atoms with Crippen molar-refractivity contribution in [2.45, 2.75) is 77.9 Å². The third-order valence-corrected chi connectivity index (χ3v) is 6.04. The Balaban J connectivity index is 1.38. The van der Waals surface area contributed by atoms with Gasteiger partial charge in [-0.25, -0.2) is 0 Å². The van der Waals surface area contributed by atoms with E-state index in [1.807, 2.05) is 0 Å². The zero-order chi connectivity index (χ0) is 14.8. The van der Waals surface area contributed by atoms with Gasteiger partial charge in [0, 0.05) is 12.6 Å². The first-order chi connectivity index (χ1) is 10.1. The van der Waals surface area contributed by atoms with Crippen molar-refractivity contribution < 1.29 is 4.74 Å². The van der Waals surface area contributed by atoms with Crippen molar-refractivity contribution in [1.82, 2.24) is 5.32 Å². The maximum absolute atomic E-state index is 6.32. The van der Waals surface area contributed by atoms with E-state index in [4.69, 9.17) is 4.74 Å². The lowest BCUT2D eigenvalue weighted by Gasteiger charge is -2.37. The number of rotatable bonds is 8. The first kappa shape index (κ1) is 15.8. The summed E-state index contributed by atoms with van der Waals surface area (Å²) in [5.74, 6) is 4.39. The Morgan fingerprint density at radius 3 is 2.24 bits per heavy atom. The summed E-state index contributed by atoms with van der Waals surface area (Å²) >= 11 is 0. The average molecular weight is 293 g/mol. The first-order valence-electron chi connectivity index (χ1n) is 9.50. The molecule has 0 amide bonds. The lowest BCUT2D eigenvalue weighted by molar-refractivity contribution is -0.0374. The molecule has 21 heavy (non-hydrogen) atoms. The molecule has 0 aromatic carbocycles. The number of nitrogens with one attached hydrogen (secondary N) is 1. The molecular weight excluding hydrogens is 258 g/mol. The fourth-order valence-corrected chi connectivity index (χ4v) is 4.37. The maximum atomic E-state index is 6.32. The van der Waals surface area contributed by atoms with Crippen LogP contribution in [0.3, 0.4) is 0 Å². The van der Waals surface area contributed by atoms with E-state index < -0.39 is 0 Å². The molecule has 0 aliphatic heterocycles. The van der Waals surface area contributed by atoms with Gasteiger partial charge in [0.15, 0.2) is 0 Å². The van der Waals surface area contributed by atoms with Crippen LogP contribution in [0.15, 0.2) is 0 Å². The van der Waals surface area contributed by atoms with Crippen LogP contribution in [0, 0.1) is 29.6 Å². The molecule has 3 atom stereocenters. The highest BCUT2D eigenvalue weighted by Gasteiger charge is 2.41. The molecule has 0 aromatic heterocycles. The minimum absolute atomic E-state index is 0.510. The van der Waals surface area contributed by atoms with Gasteiger partial charge in [-0.3, -0.25) is 0 Å². The number of hydrogen-bond acceptors (Lipinski definition) is 2. The van der Waals surface area contributed by atoms with Gasteiger partial charge in [0.05, 0.1) is 12.7 Å². The van der Waals surface area contributed by atoms with Crippen LogP contribution in [0.5, 0.6) is 0 Å². The van der Waals surface area contributed by atoms with Gasteiger partial charge >= 0.3 is 0 Å². The van der Waals surface area contributed by atoms with E-state index in [1.165, 1.54) is 44.9 Å². The van der Waals surface area contributed by atoms with Gasteiger partial charge in [-0.05, 0) is 68.1 Å². The number of hydrogen-bond donors (Lipinski definition) is 1. The van der Waals surface area contributed by atoms with E-state index in [0.717, 1.165) is 48.8 Å². The molecule has 0 aromatic rings. The van der Waals surface area contributed by atoms with Gasteiger partial charge in [-0.2, -0.15) is 0 Å². The maximum Gasteiger partial charge on any atom is 0.0608 e. The van der Waals surface area contributed by atoms with Gasteiger partial charge in [0.2, 0.25) is 0 Å². The summed E-state index contributed by atoms with van der Waals surface area (Å²) in [5, 5.41) is 3.81. The van der Waals surface area contributed by atoms with Gasteiger partial charge < -0.3 is 10.1 Å². The topological polar surface area (TPSA) is 21.3 Å². The normalized spacial score (nSPS) is 33.9. The standard InChI is InChI=1S/C19H35NO/c1-13(2)17-9-4-14(3)12-18(17)21-11-10-20-19(15-5-6-15)16-7-8-16/h13-20H,4-12H2,1-3H3. The van der Waals surface area contributed by atoms with Crippen LogP contribution in [-0.2, 0) is 4.74 Å². The van der Waals surface area contributed by atoms with Crippen molar-refractivity contribution in [1.29, 1.82) is 0 Å². The summed E-state index contributed by atoms with van der Waals surface area (Å²) in [6.45, 7) is 9.10. The molecule has 3 aliphatic carbocycles. The van der Waals surface area contributed by atoms with E-state index >= 15 is 0 Å². The Morgan fingerprint density at radius 1 is 1.00 bits per heavy atom. The lowest BCUT2D eigenvalue weighted by atomic mass is 9.75. The second-order valence-corrected chi connectivity index (χ2v) is 8.39. The summed E-state index contributed by atoms with van der Waals surface area (Å²) in [7, 11) is 0. The molecule has 0 heterocycles. The smallest absolute Gasteiger partial charge is 0.0608 e. The van der Waals surface area contributed by atoms with Crippen LogP contribution in [0.1, 0.15) is 65.7 Å². The number of ether oxygens (including phenoxy) is 1. The second-order valence-electron chi connectivity index (χ2n) is 8.39. The fourth-order valence-electron chi connectivity index (χ4n) is 4.37. The minimum atomic E-state index is 0.510. The summed E-state index contributed by atoms with van der Waals surface area (Å²) in [6.07, 6.45) is 10.4. The Hall–Kier alpha value is -0.0800. The van der Waals surface area contributed by atoms with Crippen molar-refractivity contribution in [2.24, 2.45) is 29.6 Å². The SMILES string of the molecule is CC1CCC(C(C)C)C(OCCNC(C2CC2)C2CC2)C1. The third-order valence-electron chi connectivity index (χ3n) is 6.04. The predicted octanol–water partition coefficient (Wildman–Crippen LogP) is 4.24. The van der Waals surface area contributed by atoms with Crippen LogP contribution < -0.4 is 5.32 Å². The highest BCUT2D eigenvalue weighted by Crippen LogP contribution is 2.44. The minimum Gasteiger partial charge on any atom is -0.377 e. The third kappa shape index (κ3) is 4.45. The Morgan fingerprint density at radius 2 is 1.67 bits per heavy atom. The van der Waals surface area contributed by atoms with Crippen LogP contribution in [0.2, 0.25) is 0 Å². The van der Waals surface area contributed by atoms with Gasteiger partial charge in [-0.15, -0.1) is 0 Å². The molecule has 3 unspecified atom stereocenters. The molecule has 1 N–H and O–H groups in total. The van der Waals surface area contributed by atoms with Crippen LogP contribution in [-0.4, -0.2) is 25.3 Å². The van der Waals surface area contributed by atoms with Gasteiger partial charge in [0.1, 0.15) is 0 Å². The molecule has 3 aliphatic rings. The van der Waals surface area contributed by atoms with Gasteiger partial charge in [-0.1, -0.05) is 27.2 Å². The molecule has 3 fully saturated rings. The Labute approximate surface area is 131 Å². The molecule has 0 saturated heterocycles. The molecule has 2 nitrogen and oxygen atoms in total. The second kappa shape index (κ2) is 7.00. The summed E-state index contributed by atoms with van der Waals surface area (Å²) in [5.41, 5.74) is 0. The highest BCUT2D eigenvalue weighted by atomic mass is 16.5. The van der Waals surface area contributed by atoms with E-state index in [2.05, 4.69) is 26.1 Å². The van der Waals surface area contributed by atoms with Crippen LogP contribution in [0.4, 0.5) is 0 Å². The molecule has 0 radical (unpaired) electrons. The quantitative estimate of drug-likeness (QED) is 0.676. The molecule has 2 heteroatoms. The molecule has 122 valence electrons. The highest BCUT2D eigenvalue weighted by molar-refractivity contribution is 4.96. The predicted molar refractivity (Wildman–Crippen MR) is 88.3 cm³/mol. The summed E-state index contributed by atoms with van der Waals surface area (Å²) in [6, 6.07) is 0.819. The van der Waals surface area contributed by atoms with Crippen LogP contribution >= 0.6 is 0 Å². The summed E-state index contributed by atoms with van der Waals surface area (Å²) in [4.78, 5) is 0. The zero-order valence-electron chi connectivity index (χ0n) is 14.3. The van der Waals surface area contributed by atoms with Crippen LogP contribution in [0.25, 0.3) is 0 Å². The fraction of sp³-hybridized carbons (Fsp3) is 1.00. The van der Waals surface area contributed by atoms with E-state index in [1.54, 1.807) is 0 Å². The van der Waals surface area contributed by atoms with Crippen molar-refractivity contribution >= 4 is 0 Å². The first-order valence-corrected chi connectivity index (χ1v) is 9.50. The Bertz CT molecular complexity index is 310. The largest absolute Gasteiger partial charge is 0.377 e. The van der Waals surface area contributed by atoms with Gasteiger partial charge in [0.25, 0.3) is 0 Å².